The van der Waals surface area contributed by atoms with Crippen molar-refractivity contribution in [2.24, 2.45) is 0 Å². The van der Waals surface area contributed by atoms with Gasteiger partial charge in [-0.3, -0.25) is 0 Å². The van der Waals surface area contributed by atoms with Crippen LogP contribution >= 0.6 is 0 Å². The first-order valence-corrected chi connectivity index (χ1v) is 6.45. The van der Waals surface area contributed by atoms with Gasteiger partial charge in [-0.15, -0.1) is 0 Å². The number of nitrogens with one attached hydrogen (secondary N) is 1. The lowest BCUT2D eigenvalue weighted by Gasteiger charge is -2.39. The Balaban J connectivity index is 2.12. The number of rotatable bonds is 4. The van der Waals surface area contributed by atoms with E-state index in [2.05, 4.69) is 17.1 Å². The minimum absolute atomic E-state index is 0.644. The van der Waals surface area contributed by atoms with Crippen LogP contribution in [0.25, 0.3) is 0 Å². The van der Waals surface area contributed by atoms with Crippen LogP contribution in [0.4, 0.5) is 5.69 Å². The molecule has 0 radical (unpaired) electrons. The molecule has 18 heavy (non-hydrogen) atoms. The maximum Gasteiger partial charge on any atom is 0.329 e. The lowest BCUT2D eigenvalue weighted by Crippen LogP contribution is -2.54. The van der Waals surface area contributed by atoms with Crippen LogP contribution in [0.15, 0.2) is 30.3 Å². The number of carboxylic acid groups (broad SMARTS) is 1. The fourth-order valence-electron chi connectivity index (χ4n) is 2.44. The van der Waals surface area contributed by atoms with E-state index in [1.54, 1.807) is 0 Å². The Morgan fingerprint density at radius 3 is 2.44 bits per heavy atom. The maximum absolute atomic E-state index is 11.6. The zero-order valence-electron chi connectivity index (χ0n) is 10.7. The molecular formula is C14H20N2O2. The third-order valence-electron chi connectivity index (χ3n) is 3.72. The summed E-state index contributed by atoms with van der Waals surface area (Å²) in [6, 6.07) is 9.59. The van der Waals surface area contributed by atoms with Crippen LogP contribution in [0.3, 0.4) is 0 Å². The van der Waals surface area contributed by atoms with Crippen molar-refractivity contribution < 1.29 is 9.90 Å². The summed E-state index contributed by atoms with van der Waals surface area (Å²) in [7, 11) is 0. The number of likely N-dealkylation sites (tertiary alicyclic amines) is 1. The Hall–Kier alpha value is -1.55. The van der Waals surface area contributed by atoms with E-state index in [1.807, 2.05) is 30.3 Å². The first kappa shape index (κ1) is 12.9. The molecule has 1 fully saturated rings. The molecule has 2 N–H and O–H groups in total. The van der Waals surface area contributed by atoms with Crippen molar-refractivity contribution in [2.45, 2.75) is 25.3 Å². The van der Waals surface area contributed by atoms with Crippen molar-refractivity contribution in [2.75, 3.05) is 25.0 Å². The first-order valence-electron chi connectivity index (χ1n) is 6.45. The fourth-order valence-corrected chi connectivity index (χ4v) is 2.44. The van der Waals surface area contributed by atoms with E-state index in [0.29, 0.717) is 12.8 Å². The van der Waals surface area contributed by atoms with E-state index in [-0.39, 0.29) is 0 Å². The summed E-state index contributed by atoms with van der Waals surface area (Å²) in [4.78, 5) is 13.9. The summed E-state index contributed by atoms with van der Waals surface area (Å²) in [5, 5.41) is 12.7. The Bertz CT molecular complexity index is 398. The molecule has 4 heteroatoms. The van der Waals surface area contributed by atoms with Gasteiger partial charge in [0.25, 0.3) is 0 Å². The third-order valence-corrected chi connectivity index (χ3v) is 3.72. The fraction of sp³-hybridized carbons (Fsp3) is 0.500. The zero-order chi connectivity index (χ0) is 13.0. The number of hydrogen-bond acceptors (Lipinski definition) is 3. The largest absolute Gasteiger partial charge is 0.480 e. The van der Waals surface area contributed by atoms with Gasteiger partial charge in [0.15, 0.2) is 0 Å². The second kappa shape index (κ2) is 5.40. The summed E-state index contributed by atoms with van der Waals surface area (Å²) in [5.41, 5.74) is 0.0670. The number of piperidine rings is 1. The second-order valence-corrected chi connectivity index (χ2v) is 4.81. The van der Waals surface area contributed by atoms with Crippen LogP contribution in [0.5, 0.6) is 0 Å². The molecule has 0 atom stereocenters. The van der Waals surface area contributed by atoms with Gasteiger partial charge in [-0.2, -0.15) is 0 Å². The molecule has 98 valence electrons. The lowest BCUT2D eigenvalue weighted by atomic mass is 9.87. The molecule has 1 saturated heterocycles. The van der Waals surface area contributed by atoms with E-state index in [9.17, 15) is 9.90 Å². The van der Waals surface area contributed by atoms with Crippen LogP contribution in [-0.2, 0) is 4.79 Å². The second-order valence-electron chi connectivity index (χ2n) is 4.81. The van der Waals surface area contributed by atoms with Gasteiger partial charge in [0.05, 0.1) is 0 Å². The average molecular weight is 248 g/mol. The van der Waals surface area contributed by atoms with Crippen LogP contribution < -0.4 is 5.32 Å². The Morgan fingerprint density at radius 1 is 1.33 bits per heavy atom. The zero-order valence-corrected chi connectivity index (χ0v) is 10.7. The monoisotopic (exact) mass is 248 g/mol. The topological polar surface area (TPSA) is 52.6 Å². The van der Waals surface area contributed by atoms with E-state index < -0.39 is 11.5 Å². The number of hydrogen-bond donors (Lipinski definition) is 2. The number of carboxylic acids is 1. The molecule has 1 aromatic rings. The minimum atomic E-state index is -0.812. The average Bonchev–Trinajstić information content (AvgIpc) is 2.40. The lowest BCUT2D eigenvalue weighted by molar-refractivity contribution is -0.144. The highest BCUT2D eigenvalue weighted by Crippen LogP contribution is 2.27. The molecule has 0 amide bonds. The molecule has 2 rings (SSSR count). The van der Waals surface area contributed by atoms with Crippen molar-refractivity contribution >= 4 is 11.7 Å². The van der Waals surface area contributed by atoms with Gasteiger partial charge in [0, 0.05) is 18.8 Å². The van der Waals surface area contributed by atoms with Gasteiger partial charge >= 0.3 is 5.97 Å². The molecule has 0 saturated carbocycles. The van der Waals surface area contributed by atoms with E-state index in [4.69, 9.17) is 0 Å². The van der Waals surface area contributed by atoms with Gasteiger partial charge in [0.1, 0.15) is 5.54 Å². The van der Waals surface area contributed by atoms with Gasteiger partial charge in [0.2, 0.25) is 0 Å². The summed E-state index contributed by atoms with van der Waals surface area (Å²) in [6.07, 6.45) is 1.29. The smallest absolute Gasteiger partial charge is 0.329 e. The third kappa shape index (κ3) is 2.64. The summed E-state index contributed by atoms with van der Waals surface area (Å²) < 4.78 is 0. The normalized spacial score (nSPS) is 19.4. The molecule has 0 unspecified atom stereocenters. The van der Waals surface area contributed by atoms with Crippen LogP contribution in [-0.4, -0.2) is 41.1 Å². The van der Waals surface area contributed by atoms with Crippen LogP contribution in [0.2, 0.25) is 0 Å². The Morgan fingerprint density at radius 2 is 1.94 bits per heavy atom. The SMILES string of the molecule is CCN1CCC(Nc2ccccc2)(C(=O)O)CC1. The standard InChI is InChI=1S/C14H20N2O2/c1-2-16-10-8-14(9-11-16,13(17)18)15-12-6-4-3-5-7-12/h3-7,15H,2,8-11H2,1H3,(H,17,18). The summed E-state index contributed by atoms with van der Waals surface area (Å²) in [6.45, 7) is 4.77. The van der Waals surface area contributed by atoms with Crippen molar-refractivity contribution in [3.05, 3.63) is 30.3 Å². The van der Waals surface area contributed by atoms with Gasteiger partial charge < -0.3 is 15.3 Å². The predicted molar refractivity (Wildman–Crippen MR) is 71.8 cm³/mol. The van der Waals surface area contributed by atoms with Crippen LogP contribution in [0, 0.1) is 0 Å². The van der Waals surface area contributed by atoms with E-state index in [0.717, 1.165) is 25.3 Å². The number of anilines is 1. The molecular weight excluding hydrogens is 228 g/mol. The molecule has 0 aliphatic carbocycles. The highest BCUT2D eigenvalue weighted by atomic mass is 16.4. The molecule has 0 bridgehead atoms. The van der Waals surface area contributed by atoms with Crippen molar-refractivity contribution in [1.29, 1.82) is 0 Å². The molecule has 1 heterocycles. The number of para-hydroxylation sites is 1. The van der Waals surface area contributed by atoms with E-state index in [1.165, 1.54) is 0 Å². The number of benzene rings is 1. The minimum Gasteiger partial charge on any atom is -0.480 e. The van der Waals surface area contributed by atoms with Gasteiger partial charge in [-0.1, -0.05) is 25.1 Å². The van der Waals surface area contributed by atoms with Gasteiger partial charge in [-0.05, 0) is 31.5 Å². The van der Waals surface area contributed by atoms with Crippen molar-refractivity contribution in [3.8, 4) is 0 Å². The van der Waals surface area contributed by atoms with Crippen molar-refractivity contribution in [3.63, 3.8) is 0 Å². The van der Waals surface area contributed by atoms with E-state index >= 15 is 0 Å². The number of carbonyl (C=O) groups is 1. The van der Waals surface area contributed by atoms with Gasteiger partial charge in [-0.25, -0.2) is 4.79 Å². The maximum atomic E-state index is 11.6. The number of nitrogens with zero attached hydrogens (tertiary/aromatic N) is 1. The predicted octanol–water partition coefficient (Wildman–Crippen LogP) is 2.04. The molecule has 4 nitrogen and oxygen atoms in total. The first-order chi connectivity index (χ1) is 8.66. The molecule has 1 aliphatic rings. The summed E-state index contributed by atoms with van der Waals surface area (Å²) in [5.74, 6) is -0.748. The molecule has 1 aliphatic heterocycles. The van der Waals surface area contributed by atoms with Crippen LogP contribution in [0.1, 0.15) is 19.8 Å². The Labute approximate surface area is 108 Å². The number of aliphatic carboxylic acids is 1. The van der Waals surface area contributed by atoms with Crippen molar-refractivity contribution in [1.82, 2.24) is 4.90 Å². The highest BCUT2D eigenvalue weighted by molar-refractivity contribution is 5.83. The highest BCUT2D eigenvalue weighted by Gasteiger charge is 2.41. The molecule has 0 spiro atoms. The Kier molecular flexibility index (Phi) is 3.87. The quantitative estimate of drug-likeness (QED) is 0.856. The summed E-state index contributed by atoms with van der Waals surface area (Å²) >= 11 is 0. The molecule has 1 aromatic carbocycles. The molecule has 0 aromatic heterocycles.